The summed E-state index contributed by atoms with van der Waals surface area (Å²) in [6.07, 6.45) is 1.12. The smallest absolute Gasteiger partial charge is 0.0960 e. The van der Waals surface area contributed by atoms with Gasteiger partial charge in [0.2, 0.25) is 0 Å². The first-order valence-electron chi connectivity index (χ1n) is 4.90. The Labute approximate surface area is 89.3 Å². The predicted octanol–water partition coefficient (Wildman–Crippen LogP) is 2.26. The van der Waals surface area contributed by atoms with Crippen molar-refractivity contribution in [2.75, 3.05) is 7.11 Å². The molecule has 3 nitrogen and oxygen atoms in total. The molecule has 0 aromatic carbocycles. The molecule has 4 heteroatoms. The normalized spacial score (nSPS) is 13.1. The Morgan fingerprint density at radius 1 is 1.57 bits per heavy atom. The van der Waals surface area contributed by atoms with E-state index in [1.165, 1.54) is 5.01 Å². The van der Waals surface area contributed by atoms with Gasteiger partial charge in [-0.2, -0.15) is 0 Å². The number of nitrogens with zero attached hydrogens (tertiary/aromatic N) is 1. The Morgan fingerprint density at radius 2 is 2.29 bits per heavy atom. The number of aromatic nitrogens is 1. The van der Waals surface area contributed by atoms with Gasteiger partial charge in [-0.25, -0.2) is 4.98 Å². The first kappa shape index (κ1) is 11.6. The highest BCUT2D eigenvalue weighted by atomic mass is 32.1. The molecule has 1 unspecified atom stereocenters. The van der Waals surface area contributed by atoms with Crippen molar-refractivity contribution in [1.29, 1.82) is 0 Å². The van der Waals surface area contributed by atoms with Gasteiger partial charge >= 0.3 is 0 Å². The van der Waals surface area contributed by atoms with E-state index in [0.29, 0.717) is 19.1 Å². The van der Waals surface area contributed by atoms with Gasteiger partial charge in [-0.1, -0.05) is 13.8 Å². The second-order valence-electron chi connectivity index (χ2n) is 3.37. The summed E-state index contributed by atoms with van der Waals surface area (Å²) in [7, 11) is 1.68. The zero-order valence-corrected chi connectivity index (χ0v) is 9.86. The highest BCUT2D eigenvalue weighted by Crippen LogP contribution is 2.27. The van der Waals surface area contributed by atoms with Crippen molar-refractivity contribution in [1.82, 2.24) is 4.98 Å². The highest BCUT2D eigenvalue weighted by molar-refractivity contribution is 7.11. The van der Waals surface area contributed by atoms with Crippen LogP contribution in [0.1, 0.15) is 41.8 Å². The molecule has 1 aromatic rings. The average molecular weight is 214 g/mol. The number of nitrogens with two attached hydrogens (primary N) is 1. The van der Waals surface area contributed by atoms with E-state index in [0.717, 1.165) is 17.0 Å². The Morgan fingerprint density at radius 3 is 2.79 bits per heavy atom. The van der Waals surface area contributed by atoms with Crippen LogP contribution in [0.3, 0.4) is 0 Å². The van der Waals surface area contributed by atoms with Crippen LogP contribution in [-0.2, 0) is 17.9 Å². The number of ether oxygens (including phenoxy) is 1. The maximum atomic E-state index is 5.65. The van der Waals surface area contributed by atoms with Crippen molar-refractivity contribution >= 4 is 11.3 Å². The van der Waals surface area contributed by atoms with Crippen LogP contribution in [0.2, 0.25) is 0 Å². The van der Waals surface area contributed by atoms with Crippen molar-refractivity contribution in [3.8, 4) is 0 Å². The fourth-order valence-corrected chi connectivity index (χ4v) is 2.28. The SMILES string of the molecule is CCC(C)c1nc(COC)c(CN)s1. The molecule has 0 bridgehead atoms. The number of rotatable bonds is 5. The second-order valence-corrected chi connectivity index (χ2v) is 4.48. The lowest BCUT2D eigenvalue weighted by atomic mass is 10.1. The van der Waals surface area contributed by atoms with E-state index in [2.05, 4.69) is 18.8 Å². The minimum Gasteiger partial charge on any atom is -0.378 e. The van der Waals surface area contributed by atoms with Crippen LogP contribution in [0.5, 0.6) is 0 Å². The molecule has 0 fully saturated rings. The third kappa shape index (κ3) is 2.53. The van der Waals surface area contributed by atoms with E-state index < -0.39 is 0 Å². The highest BCUT2D eigenvalue weighted by Gasteiger charge is 2.13. The Hall–Kier alpha value is -0.450. The van der Waals surface area contributed by atoms with Gasteiger partial charge in [-0.15, -0.1) is 11.3 Å². The Kier molecular flexibility index (Phi) is 4.51. The van der Waals surface area contributed by atoms with Gasteiger partial charge in [0.05, 0.1) is 17.3 Å². The number of hydrogen-bond donors (Lipinski definition) is 1. The van der Waals surface area contributed by atoms with E-state index >= 15 is 0 Å². The molecule has 0 amide bonds. The number of thiazole rings is 1. The molecule has 1 rings (SSSR count). The first-order chi connectivity index (χ1) is 6.72. The van der Waals surface area contributed by atoms with Gasteiger partial charge in [0.1, 0.15) is 0 Å². The van der Waals surface area contributed by atoms with E-state index in [9.17, 15) is 0 Å². The van der Waals surface area contributed by atoms with Gasteiger partial charge in [0.15, 0.2) is 0 Å². The topological polar surface area (TPSA) is 48.1 Å². The fraction of sp³-hybridized carbons (Fsp3) is 0.700. The van der Waals surface area contributed by atoms with Crippen LogP contribution in [-0.4, -0.2) is 12.1 Å². The van der Waals surface area contributed by atoms with Crippen LogP contribution in [0.4, 0.5) is 0 Å². The zero-order valence-electron chi connectivity index (χ0n) is 9.04. The lowest BCUT2D eigenvalue weighted by Crippen LogP contribution is -1.99. The summed E-state index contributed by atoms with van der Waals surface area (Å²) in [6.45, 7) is 5.49. The molecular weight excluding hydrogens is 196 g/mol. The maximum absolute atomic E-state index is 5.65. The Balaban J connectivity index is 2.88. The van der Waals surface area contributed by atoms with E-state index in [1.807, 2.05) is 0 Å². The van der Waals surface area contributed by atoms with Crippen molar-refractivity contribution in [2.24, 2.45) is 5.73 Å². The first-order valence-corrected chi connectivity index (χ1v) is 5.72. The zero-order chi connectivity index (χ0) is 10.6. The summed E-state index contributed by atoms with van der Waals surface area (Å²) >= 11 is 1.72. The molecule has 0 saturated heterocycles. The van der Waals surface area contributed by atoms with Crippen molar-refractivity contribution in [3.05, 3.63) is 15.6 Å². The summed E-state index contributed by atoms with van der Waals surface area (Å²) in [6, 6.07) is 0. The van der Waals surface area contributed by atoms with E-state index in [4.69, 9.17) is 10.5 Å². The van der Waals surface area contributed by atoms with Crippen molar-refractivity contribution < 1.29 is 4.74 Å². The number of hydrogen-bond acceptors (Lipinski definition) is 4. The van der Waals surface area contributed by atoms with Gasteiger partial charge in [-0.3, -0.25) is 0 Å². The maximum Gasteiger partial charge on any atom is 0.0960 e. The van der Waals surface area contributed by atoms with Crippen LogP contribution in [0.25, 0.3) is 0 Å². The molecule has 0 aliphatic rings. The summed E-state index contributed by atoms with van der Waals surface area (Å²) in [5, 5.41) is 1.18. The molecule has 0 radical (unpaired) electrons. The third-order valence-corrected chi connectivity index (χ3v) is 3.65. The third-order valence-electron chi connectivity index (χ3n) is 2.30. The average Bonchev–Trinajstić information content (AvgIpc) is 2.60. The lowest BCUT2D eigenvalue weighted by molar-refractivity contribution is 0.181. The molecule has 1 heterocycles. The molecule has 80 valence electrons. The van der Waals surface area contributed by atoms with Crippen LogP contribution >= 0.6 is 11.3 Å². The van der Waals surface area contributed by atoms with Gasteiger partial charge in [0, 0.05) is 24.4 Å². The predicted molar refractivity (Wildman–Crippen MR) is 59.4 cm³/mol. The van der Waals surface area contributed by atoms with E-state index in [1.54, 1.807) is 18.4 Å². The minimum absolute atomic E-state index is 0.524. The molecule has 2 N–H and O–H groups in total. The minimum atomic E-state index is 0.524. The lowest BCUT2D eigenvalue weighted by Gasteiger charge is -2.01. The molecule has 0 aliphatic carbocycles. The summed E-state index contributed by atoms with van der Waals surface area (Å²) in [5.41, 5.74) is 6.66. The molecule has 14 heavy (non-hydrogen) atoms. The molecule has 0 spiro atoms. The number of methoxy groups -OCH3 is 1. The summed E-state index contributed by atoms with van der Waals surface area (Å²) < 4.78 is 5.09. The van der Waals surface area contributed by atoms with E-state index in [-0.39, 0.29) is 0 Å². The molecule has 1 aromatic heterocycles. The summed E-state index contributed by atoms with van der Waals surface area (Å²) in [5.74, 6) is 0.524. The summed E-state index contributed by atoms with van der Waals surface area (Å²) in [4.78, 5) is 5.71. The molecular formula is C10H18N2OS. The second kappa shape index (κ2) is 5.44. The molecule has 0 saturated carbocycles. The quantitative estimate of drug-likeness (QED) is 0.818. The Bertz CT molecular complexity index is 286. The monoisotopic (exact) mass is 214 g/mol. The van der Waals surface area contributed by atoms with Gasteiger partial charge < -0.3 is 10.5 Å². The van der Waals surface area contributed by atoms with Crippen LogP contribution in [0.15, 0.2) is 0 Å². The van der Waals surface area contributed by atoms with Crippen molar-refractivity contribution in [3.63, 3.8) is 0 Å². The van der Waals surface area contributed by atoms with Gasteiger partial charge in [0.25, 0.3) is 0 Å². The van der Waals surface area contributed by atoms with Gasteiger partial charge in [-0.05, 0) is 6.42 Å². The largest absolute Gasteiger partial charge is 0.378 e. The fourth-order valence-electron chi connectivity index (χ4n) is 1.20. The molecule has 1 atom stereocenters. The molecule has 0 aliphatic heterocycles. The van der Waals surface area contributed by atoms with Crippen LogP contribution < -0.4 is 5.73 Å². The standard InChI is InChI=1S/C10H18N2OS/c1-4-7(2)10-12-8(6-13-3)9(5-11)14-10/h7H,4-6,11H2,1-3H3. The van der Waals surface area contributed by atoms with Crippen molar-refractivity contribution in [2.45, 2.75) is 39.3 Å². The van der Waals surface area contributed by atoms with Crippen LogP contribution in [0, 0.1) is 0 Å².